The number of fused-ring (bicyclic) bond motifs is 6. The molecule has 3 saturated carbocycles. The summed E-state index contributed by atoms with van der Waals surface area (Å²) in [5, 5.41) is 51.4. The van der Waals surface area contributed by atoms with Crippen LogP contribution in [-0.2, 0) is 6.42 Å². The van der Waals surface area contributed by atoms with Gasteiger partial charge in [-0.05, 0) is 124 Å². The fourth-order valence-electron chi connectivity index (χ4n) is 11.2. The molecular weight excluding hydrogens is 753 g/mol. The van der Waals surface area contributed by atoms with E-state index in [0.717, 1.165) is 75.6 Å². The van der Waals surface area contributed by atoms with Crippen LogP contribution in [0.1, 0.15) is 103 Å². The minimum atomic E-state index is -0.935. The van der Waals surface area contributed by atoms with E-state index in [1.165, 1.54) is 0 Å². The zero-order valence-electron chi connectivity index (χ0n) is 33.0. The molecule has 8 rings (SSSR count). The van der Waals surface area contributed by atoms with Gasteiger partial charge in [0.15, 0.2) is 11.7 Å². The number of aromatic hydroxyl groups is 1. The first-order valence-electron chi connectivity index (χ1n) is 20.5. The number of ketones is 1. The molecule has 3 bridgehead atoms. The van der Waals surface area contributed by atoms with Crippen LogP contribution >= 0.6 is 22.7 Å². The Labute approximate surface area is 343 Å². The fraction of sp³-hybridized carbons (Fsp3) is 0.522. The Kier molecular flexibility index (Phi) is 11.1. The third-order valence-corrected chi connectivity index (χ3v) is 16.2. The highest BCUT2D eigenvalue weighted by molar-refractivity contribution is 7.23. The maximum atomic E-state index is 15.0. The van der Waals surface area contributed by atoms with Crippen molar-refractivity contribution in [3.8, 4) is 39.2 Å². The average Bonchev–Trinajstić information content (AvgIpc) is 4.04. The number of thiophene rings is 2. The summed E-state index contributed by atoms with van der Waals surface area (Å²) in [6, 6.07) is 9.44. The number of aliphatic imine (C=N–C) groups is 1. The van der Waals surface area contributed by atoms with Gasteiger partial charge in [-0.1, -0.05) is 42.8 Å². The number of phenolic OH excluding ortho intramolecular Hbond substituents is 1. The quantitative estimate of drug-likeness (QED) is 0.0596. The summed E-state index contributed by atoms with van der Waals surface area (Å²) >= 11 is 3.19. The van der Waals surface area contributed by atoms with Gasteiger partial charge in [-0.25, -0.2) is 0 Å². The van der Waals surface area contributed by atoms with Crippen LogP contribution in [0, 0.1) is 58.2 Å². The van der Waals surface area contributed by atoms with Crippen molar-refractivity contribution >= 4 is 46.2 Å². The smallest absolute Gasteiger partial charge is 0.188 e. The highest BCUT2D eigenvalue weighted by Gasteiger charge is 2.60. The number of anilines is 1. The second-order valence-electron chi connectivity index (χ2n) is 17.1. The van der Waals surface area contributed by atoms with Crippen molar-refractivity contribution in [3.05, 3.63) is 62.9 Å². The van der Waals surface area contributed by atoms with E-state index in [0.29, 0.717) is 36.5 Å². The van der Waals surface area contributed by atoms with Crippen molar-refractivity contribution in [1.82, 2.24) is 5.32 Å². The number of nitrogens with two attached hydrogens (primary N) is 1. The zero-order valence-corrected chi connectivity index (χ0v) is 34.6. The number of carbonyl (C=O) groups excluding carboxylic acids is 1. The predicted molar refractivity (Wildman–Crippen MR) is 229 cm³/mol. The molecule has 9 nitrogen and oxygen atoms in total. The van der Waals surface area contributed by atoms with E-state index in [4.69, 9.17) is 5.73 Å². The minimum Gasteiger partial charge on any atom is -0.507 e. The van der Waals surface area contributed by atoms with Gasteiger partial charge in [0.25, 0.3) is 0 Å². The van der Waals surface area contributed by atoms with Crippen LogP contribution in [0.5, 0.6) is 5.75 Å². The van der Waals surface area contributed by atoms with Gasteiger partial charge in [0.05, 0.1) is 45.9 Å². The molecule has 2 spiro atoms. The number of aliphatic hydroxyl groups excluding tert-OH is 3. The van der Waals surface area contributed by atoms with E-state index in [1.807, 2.05) is 37.3 Å². The molecular formula is C46H54N4O5S2. The van der Waals surface area contributed by atoms with Gasteiger partial charge in [0.2, 0.25) is 0 Å². The summed E-state index contributed by atoms with van der Waals surface area (Å²) < 4.78 is 0. The van der Waals surface area contributed by atoms with Crippen molar-refractivity contribution in [2.45, 2.75) is 102 Å². The van der Waals surface area contributed by atoms with Crippen LogP contribution in [0.15, 0.2) is 41.4 Å². The minimum absolute atomic E-state index is 0.0330. The molecule has 300 valence electrons. The summed E-state index contributed by atoms with van der Waals surface area (Å²) in [5.41, 5.74) is 8.61. The van der Waals surface area contributed by atoms with Gasteiger partial charge in [-0.3, -0.25) is 9.79 Å². The first kappa shape index (κ1) is 39.7. The van der Waals surface area contributed by atoms with E-state index in [9.17, 15) is 20.4 Å². The lowest BCUT2D eigenvalue weighted by Gasteiger charge is -2.47. The van der Waals surface area contributed by atoms with Crippen molar-refractivity contribution in [1.29, 1.82) is 0 Å². The molecule has 2 aromatic heterocycles. The first-order chi connectivity index (χ1) is 27.5. The monoisotopic (exact) mass is 806 g/mol. The maximum Gasteiger partial charge on any atom is 0.188 e. The Morgan fingerprint density at radius 2 is 1.89 bits per heavy atom. The number of benzene rings is 1. The molecule has 1 aromatic carbocycles. The van der Waals surface area contributed by atoms with E-state index in [-0.39, 0.29) is 53.9 Å². The van der Waals surface area contributed by atoms with E-state index >= 15 is 4.79 Å². The number of rotatable bonds is 7. The summed E-state index contributed by atoms with van der Waals surface area (Å²) in [7, 11) is 1.66. The SMILES string of the molecule is CC#Cc1ccc(-c2ccc(C(=O)[C@H]3CC[C@@H]4C[C@]35C[C@H]([C@H](O)CO)[C@H](C5)C3(C#Cc5c(cc(O)c6c5N[C@@H]([C@H](C)O)C=C6)C[C@H]4NC(N)=NC)CCCC3)s2)s1. The topological polar surface area (TPSA) is 160 Å². The van der Waals surface area contributed by atoms with E-state index < -0.39 is 23.0 Å². The van der Waals surface area contributed by atoms with Crippen molar-refractivity contribution in [3.63, 3.8) is 0 Å². The molecule has 0 amide bonds. The van der Waals surface area contributed by atoms with Crippen LogP contribution in [0.3, 0.4) is 0 Å². The Morgan fingerprint density at radius 1 is 1.12 bits per heavy atom. The molecule has 3 fully saturated rings. The summed E-state index contributed by atoms with van der Waals surface area (Å²) in [6.07, 6.45) is 10.0. The number of hydrogen-bond donors (Lipinski definition) is 7. The number of nitrogens with zero attached hydrogens (tertiary/aromatic N) is 1. The number of carbonyl (C=O) groups is 1. The lowest BCUT2D eigenvalue weighted by molar-refractivity contribution is 0.00632. The molecule has 5 aliphatic rings. The number of Topliss-reactive ketones (excluding diaryl/α,β-unsaturated/α-hetero) is 1. The molecule has 9 atom stereocenters. The van der Waals surface area contributed by atoms with Gasteiger partial charge in [0, 0.05) is 39.7 Å². The molecule has 0 saturated heterocycles. The number of hydrogen-bond acceptors (Lipinski definition) is 9. The van der Waals surface area contributed by atoms with Gasteiger partial charge in [0.1, 0.15) is 5.75 Å². The maximum absolute atomic E-state index is 15.0. The highest BCUT2D eigenvalue weighted by Crippen LogP contribution is 2.65. The molecule has 4 aliphatic carbocycles. The Balaban J connectivity index is 1.26. The number of nitrogens with one attached hydrogen (secondary N) is 2. The number of aliphatic hydroxyl groups is 3. The van der Waals surface area contributed by atoms with Gasteiger partial charge in [-0.15, -0.1) is 28.6 Å². The Bertz CT molecular complexity index is 2210. The van der Waals surface area contributed by atoms with Crippen LogP contribution in [0.25, 0.3) is 15.8 Å². The number of phenols is 1. The normalized spacial score (nSPS) is 29.6. The summed E-state index contributed by atoms with van der Waals surface area (Å²) in [4.78, 5) is 23.2. The molecule has 11 heteroatoms. The van der Waals surface area contributed by atoms with Crippen molar-refractivity contribution in [2.24, 2.45) is 45.2 Å². The lowest BCUT2D eigenvalue weighted by atomic mass is 9.57. The molecule has 1 aliphatic heterocycles. The molecule has 57 heavy (non-hydrogen) atoms. The standard InChI is InChI=1S/C46H54N4O5S2/c1-4-7-29-9-13-39(56-29)40-14-15-41(57-40)43(55)33-11-8-27-22-46(33)23-32(38(54)25-51)34(24-46)45(17-5-6-18-45)19-16-30-28(20-36(27)50-44(47)48-3)21-37(53)31-10-12-35(26(2)52)49-42(30)31/h9-10,12-15,21,26-27,32-36,38,49,51-54H,5-6,8,11,17-18,20,22-25H2,1-3H3,(H3,47,48,50)/t26-,27+,32-,33+,34-,35+,36+,38+,46+/m0/s1. The van der Waals surface area contributed by atoms with Gasteiger partial charge < -0.3 is 36.8 Å². The molecule has 0 radical (unpaired) electrons. The highest BCUT2D eigenvalue weighted by atomic mass is 32.1. The third-order valence-electron chi connectivity index (χ3n) is 13.9. The van der Waals surface area contributed by atoms with Gasteiger partial charge >= 0.3 is 0 Å². The largest absolute Gasteiger partial charge is 0.507 e. The second-order valence-corrected chi connectivity index (χ2v) is 19.3. The van der Waals surface area contributed by atoms with Crippen LogP contribution in [-0.4, -0.2) is 70.1 Å². The summed E-state index contributed by atoms with van der Waals surface area (Å²) in [5.74, 6) is 13.8. The average molecular weight is 807 g/mol. The van der Waals surface area contributed by atoms with Crippen LogP contribution in [0.2, 0.25) is 0 Å². The Hall–Kier alpha value is -4.10. The van der Waals surface area contributed by atoms with Crippen LogP contribution < -0.4 is 16.4 Å². The molecule has 8 N–H and O–H groups in total. The predicted octanol–water partition coefficient (Wildman–Crippen LogP) is 6.78. The van der Waals surface area contributed by atoms with Gasteiger partial charge in [-0.2, -0.15) is 0 Å². The molecule has 3 aromatic rings. The third kappa shape index (κ3) is 7.32. The first-order valence-corrected chi connectivity index (χ1v) is 22.1. The van der Waals surface area contributed by atoms with E-state index in [1.54, 1.807) is 36.6 Å². The lowest BCUT2D eigenvalue weighted by Crippen LogP contribution is -2.50. The number of guanidine groups is 1. The Morgan fingerprint density at radius 3 is 2.63 bits per heavy atom. The molecule has 3 heterocycles. The van der Waals surface area contributed by atoms with Crippen molar-refractivity contribution in [2.75, 3.05) is 19.0 Å². The second kappa shape index (κ2) is 15.9. The fourth-order valence-corrected chi connectivity index (χ4v) is 13.2. The van der Waals surface area contributed by atoms with Crippen molar-refractivity contribution < 1.29 is 25.2 Å². The summed E-state index contributed by atoms with van der Waals surface area (Å²) in [6.45, 7) is 3.23. The van der Waals surface area contributed by atoms with Crippen LogP contribution in [0.4, 0.5) is 5.69 Å². The van der Waals surface area contributed by atoms with E-state index in [2.05, 4.69) is 51.4 Å². The molecule has 0 unspecified atom stereocenters. The zero-order chi connectivity index (χ0) is 40.1.